The predicted molar refractivity (Wildman–Crippen MR) is 118 cm³/mol. The van der Waals surface area contributed by atoms with Crippen molar-refractivity contribution in [3.05, 3.63) is 47.4 Å². The number of rotatable bonds is 4. The van der Waals surface area contributed by atoms with Crippen molar-refractivity contribution in [2.75, 3.05) is 18.1 Å². The molecule has 1 N–H and O–H groups in total. The molecule has 2 rings (SSSR count). The smallest absolute Gasteiger partial charge is 0.121 e. The molecule has 1 fully saturated rings. The molecule has 4 heteroatoms. The summed E-state index contributed by atoms with van der Waals surface area (Å²) in [5, 5.41) is 10.0. The largest absolute Gasteiger partial charge is 0.396 e. The first kappa shape index (κ1) is 23.6. The van der Waals surface area contributed by atoms with Crippen LogP contribution >= 0.6 is 23.5 Å². The summed E-state index contributed by atoms with van der Waals surface area (Å²) in [6.45, 7) is 16.2. The van der Waals surface area contributed by atoms with Crippen molar-refractivity contribution in [3.63, 3.8) is 0 Å². The van der Waals surface area contributed by atoms with Gasteiger partial charge in [0.1, 0.15) is 5.83 Å². The number of allylic oxidation sites excluding steroid dienone is 5. The fourth-order valence-electron chi connectivity index (χ4n) is 3.65. The average molecular weight is 399 g/mol. The molecule has 0 amide bonds. The number of halogens is 1. The van der Waals surface area contributed by atoms with Crippen molar-refractivity contribution in [2.24, 2.45) is 11.3 Å². The normalized spacial score (nSPS) is 25.2. The fourth-order valence-corrected chi connectivity index (χ4v) is 7.30. The summed E-state index contributed by atoms with van der Waals surface area (Å²) in [5.74, 6) is 2.16. The SMILES string of the molecule is C=C(/C=C(C)\C(F)=C/C)C1=CC2(CC(C)(C)C1CO)SCCCS2.CC. The van der Waals surface area contributed by atoms with Gasteiger partial charge in [0, 0.05) is 5.92 Å². The third kappa shape index (κ3) is 5.53. The Morgan fingerprint density at radius 2 is 1.92 bits per heavy atom. The van der Waals surface area contributed by atoms with Crippen molar-refractivity contribution in [1.29, 1.82) is 0 Å². The monoisotopic (exact) mass is 398 g/mol. The molecule has 0 aromatic carbocycles. The first-order valence-electron chi connectivity index (χ1n) is 9.56. The molecule has 148 valence electrons. The third-order valence-electron chi connectivity index (χ3n) is 4.95. The minimum Gasteiger partial charge on any atom is -0.396 e. The van der Waals surface area contributed by atoms with Gasteiger partial charge >= 0.3 is 0 Å². The van der Waals surface area contributed by atoms with Crippen LogP contribution in [0.1, 0.15) is 54.4 Å². The molecule has 1 atom stereocenters. The highest BCUT2D eigenvalue weighted by molar-refractivity contribution is 8.19. The maximum Gasteiger partial charge on any atom is 0.121 e. The molecule has 0 radical (unpaired) electrons. The van der Waals surface area contributed by atoms with Crippen molar-refractivity contribution >= 4 is 23.5 Å². The maximum absolute atomic E-state index is 13.8. The summed E-state index contributed by atoms with van der Waals surface area (Å²) >= 11 is 4.02. The molecule has 1 spiro atoms. The van der Waals surface area contributed by atoms with E-state index in [-0.39, 0.29) is 27.8 Å². The van der Waals surface area contributed by atoms with Crippen LogP contribution in [-0.2, 0) is 0 Å². The Hall–Kier alpha value is -0.450. The second-order valence-electron chi connectivity index (χ2n) is 7.35. The summed E-state index contributed by atoms with van der Waals surface area (Å²) in [4.78, 5) is 0. The lowest BCUT2D eigenvalue weighted by molar-refractivity contribution is 0.129. The summed E-state index contributed by atoms with van der Waals surface area (Å²) in [5.41, 5.74) is 2.47. The highest BCUT2D eigenvalue weighted by atomic mass is 32.2. The molecule has 1 unspecified atom stereocenters. The van der Waals surface area contributed by atoms with Gasteiger partial charge in [0.2, 0.25) is 0 Å². The van der Waals surface area contributed by atoms with Gasteiger partial charge in [-0.05, 0) is 66.4 Å². The Kier molecular flexibility index (Phi) is 9.25. The molecular formula is C22H35FOS2. The molecule has 1 aliphatic heterocycles. The van der Waals surface area contributed by atoms with Crippen LogP contribution in [-0.4, -0.2) is 27.3 Å². The first-order chi connectivity index (χ1) is 12.2. The van der Waals surface area contributed by atoms with E-state index in [1.165, 1.54) is 24.0 Å². The number of hydrogen-bond donors (Lipinski definition) is 1. The summed E-state index contributed by atoms with van der Waals surface area (Å²) in [7, 11) is 0. The molecule has 0 aromatic heterocycles. The van der Waals surface area contributed by atoms with Gasteiger partial charge in [-0.3, -0.25) is 0 Å². The number of aliphatic hydroxyl groups is 1. The van der Waals surface area contributed by atoms with Gasteiger partial charge in [-0.25, -0.2) is 4.39 Å². The second kappa shape index (κ2) is 10.2. The van der Waals surface area contributed by atoms with E-state index in [4.69, 9.17) is 0 Å². The topological polar surface area (TPSA) is 20.2 Å². The Balaban J connectivity index is 0.00000163. The van der Waals surface area contributed by atoms with Crippen LogP contribution in [0.5, 0.6) is 0 Å². The minimum absolute atomic E-state index is 0.0139. The maximum atomic E-state index is 13.8. The summed E-state index contributed by atoms with van der Waals surface area (Å²) in [6, 6.07) is 0. The van der Waals surface area contributed by atoms with Gasteiger partial charge in [-0.2, -0.15) is 0 Å². The zero-order valence-electron chi connectivity index (χ0n) is 17.2. The Morgan fingerprint density at radius 1 is 1.35 bits per heavy atom. The highest BCUT2D eigenvalue weighted by Gasteiger charge is 2.46. The van der Waals surface area contributed by atoms with Crippen LogP contribution in [0.2, 0.25) is 0 Å². The van der Waals surface area contributed by atoms with Gasteiger partial charge in [0.05, 0.1) is 10.7 Å². The predicted octanol–water partition coefficient (Wildman–Crippen LogP) is 6.92. The van der Waals surface area contributed by atoms with Crippen LogP contribution in [0.15, 0.2) is 47.4 Å². The Morgan fingerprint density at radius 3 is 2.42 bits per heavy atom. The third-order valence-corrected chi connectivity index (χ3v) is 8.15. The van der Waals surface area contributed by atoms with Crippen LogP contribution in [0.3, 0.4) is 0 Å². The van der Waals surface area contributed by atoms with E-state index >= 15 is 0 Å². The average Bonchev–Trinajstić information content (AvgIpc) is 2.61. The lowest BCUT2D eigenvalue weighted by Gasteiger charge is -2.48. The summed E-state index contributed by atoms with van der Waals surface area (Å²) in [6.07, 6.45) is 7.89. The summed E-state index contributed by atoms with van der Waals surface area (Å²) < 4.78 is 13.9. The van der Waals surface area contributed by atoms with Crippen LogP contribution < -0.4 is 0 Å². The molecule has 0 saturated carbocycles. The van der Waals surface area contributed by atoms with Crippen molar-refractivity contribution < 1.29 is 9.50 Å². The molecule has 2 aliphatic rings. The van der Waals surface area contributed by atoms with Gasteiger partial charge in [0.15, 0.2) is 0 Å². The van der Waals surface area contributed by atoms with Gasteiger partial charge in [-0.1, -0.05) is 46.4 Å². The zero-order chi connectivity index (χ0) is 20.0. The molecule has 1 saturated heterocycles. The van der Waals surface area contributed by atoms with Crippen molar-refractivity contribution in [1.82, 2.24) is 0 Å². The molecule has 26 heavy (non-hydrogen) atoms. The van der Waals surface area contributed by atoms with Crippen LogP contribution in [0.25, 0.3) is 0 Å². The van der Waals surface area contributed by atoms with Crippen molar-refractivity contribution in [2.45, 2.75) is 58.5 Å². The number of aliphatic hydroxyl groups excluding tert-OH is 1. The lowest BCUT2D eigenvalue weighted by atomic mass is 9.66. The minimum atomic E-state index is -0.219. The molecule has 0 aromatic rings. The van der Waals surface area contributed by atoms with E-state index in [0.717, 1.165) is 17.6 Å². The number of thioether (sulfide) groups is 2. The zero-order valence-corrected chi connectivity index (χ0v) is 18.8. The quantitative estimate of drug-likeness (QED) is 0.519. The fraction of sp³-hybridized carbons (Fsp3) is 0.636. The van der Waals surface area contributed by atoms with E-state index < -0.39 is 0 Å². The van der Waals surface area contributed by atoms with Crippen LogP contribution in [0.4, 0.5) is 4.39 Å². The molecule has 1 heterocycles. The Bertz CT molecular complexity index is 581. The van der Waals surface area contributed by atoms with Crippen LogP contribution in [0, 0.1) is 11.3 Å². The molecule has 0 bridgehead atoms. The van der Waals surface area contributed by atoms with E-state index in [1.807, 2.05) is 43.4 Å². The van der Waals surface area contributed by atoms with E-state index in [2.05, 4.69) is 26.5 Å². The molecule has 1 aliphatic carbocycles. The molecular weight excluding hydrogens is 363 g/mol. The standard InChI is InChI=1S/C20H29FOS2.C2H6/c1-6-18(21)15(3)10-14(2)16-11-20(23-8-7-9-24-20)13-19(4,5)17(16)12-22;1-2/h6,10-11,17,22H,2,7-9,12-13H2,1,3-5H3;1-2H3/b15-10-,18-6+;. The van der Waals surface area contributed by atoms with Gasteiger partial charge in [0.25, 0.3) is 0 Å². The second-order valence-corrected chi connectivity index (χ2v) is 10.5. The van der Waals surface area contributed by atoms with Gasteiger partial charge in [-0.15, -0.1) is 23.5 Å². The number of hydrogen-bond acceptors (Lipinski definition) is 3. The molecule has 1 nitrogen and oxygen atoms in total. The van der Waals surface area contributed by atoms with E-state index in [1.54, 1.807) is 13.8 Å². The van der Waals surface area contributed by atoms with Gasteiger partial charge < -0.3 is 5.11 Å². The highest BCUT2D eigenvalue weighted by Crippen LogP contribution is 2.57. The first-order valence-corrected chi connectivity index (χ1v) is 11.5. The van der Waals surface area contributed by atoms with Crippen molar-refractivity contribution in [3.8, 4) is 0 Å². The van der Waals surface area contributed by atoms with E-state index in [9.17, 15) is 9.50 Å². The lowest BCUT2D eigenvalue weighted by Crippen LogP contribution is -2.41. The van der Waals surface area contributed by atoms with E-state index in [0.29, 0.717) is 5.57 Å². The Labute approximate surface area is 168 Å².